The second-order valence-electron chi connectivity index (χ2n) is 2.93. The van der Waals surface area contributed by atoms with Gasteiger partial charge in [0, 0.05) is 16.6 Å². The Hall–Kier alpha value is -0.860. The fourth-order valence-corrected chi connectivity index (χ4v) is 1.08. The lowest BCUT2D eigenvalue weighted by molar-refractivity contribution is 0.354. The van der Waals surface area contributed by atoms with E-state index in [1.165, 1.54) is 5.54 Å². The van der Waals surface area contributed by atoms with Crippen LogP contribution in [0.4, 0.5) is 5.69 Å². The van der Waals surface area contributed by atoms with Gasteiger partial charge >= 0.3 is 0 Å². The molecule has 1 rings (SSSR count). The van der Waals surface area contributed by atoms with Crippen molar-refractivity contribution in [1.82, 2.24) is 0 Å². The fraction of sp³-hybridized carbons (Fsp3) is 0.200. The number of rotatable bonds is 3. The van der Waals surface area contributed by atoms with Crippen molar-refractivity contribution in [1.29, 1.82) is 0 Å². The third-order valence-electron chi connectivity index (χ3n) is 1.62. The van der Waals surface area contributed by atoms with Crippen LogP contribution in [0.15, 0.2) is 29.3 Å². The van der Waals surface area contributed by atoms with Crippen molar-refractivity contribution in [3.63, 3.8) is 0 Å². The van der Waals surface area contributed by atoms with E-state index in [1.807, 2.05) is 6.92 Å². The van der Waals surface area contributed by atoms with E-state index in [4.69, 9.17) is 33.7 Å². The summed E-state index contributed by atoms with van der Waals surface area (Å²) in [5, 5.41) is 0.599. The Balaban J connectivity index is 2.71. The zero-order chi connectivity index (χ0) is 10.6. The van der Waals surface area contributed by atoms with Gasteiger partial charge in [0.05, 0.1) is 5.69 Å². The van der Waals surface area contributed by atoms with Crippen molar-refractivity contribution >= 4 is 28.9 Å². The van der Waals surface area contributed by atoms with Crippen molar-refractivity contribution in [2.24, 2.45) is 0 Å². The second-order valence-corrected chi connectivity index (χ2v) is 3.58. The van der Waals surface area contributed by atoms with E-state index in [0.29, 0.717) is 23.1 Å². The first-order valence-corrected chi connectivity index (χ1v) is 4.88. The third-order valence-corrected chi connectivity index (χ3v) is 2.22. The maximum Gasteiger partial charge on any atom is 0.144 e. The van der Waals surface area contributed by atoms with Crippen LogP contribution >= 0.6 is 23.2 Å². The van der Waals surface area contributed by atoms with Crippen LogP contribution in [0.3, 0.4) is 0 Å². The molecule has 0 bridgehead atoms. The van der Waals surface area contributed by atoms with E-state index in [9.17, 15) is 0 Å². The van der Waals surface area contributed by atoms with Crippen molar-refractivity contribution < 1.29 is 4.74 Å². The zero-order valence-electron chi connectivity index (χ0n) is 7.76. The molecule has 0 atom stereocenters. The molecule has 0 radical (unpaired) electrons. The van der Waals surface area contributed by atoms with Crippen molar-refractivity contribution in [3.8, 4) is 5.75 Å². The third kappa shape index (κ3) is 3.13. The van der Waals surface area contributed by atoms with E-state index in [1.54, 1.807) is 18.2 Å². The summed E-state index contributed by atoms with van der Waals surface area (Å²) in [5.74, 6) is 0.579. The first-order valence-electron chi connectivity index (χ1n) is 4.07. The van der Waals surface area contributed by atoms with Gasteiger partial charge in [-0.3, -0.25) is 0 Å². The Morgan fingerprint density at radius 3 is 2.93 bits per heavy atom. The zero-order valence-corrected chi connectivity index (χ0v) is 9.27. The first kappa shape index (κ1) is 11.2. The van der Waals surface area contributed by atoms with Crippen molar-refractivity contribution in [3.05, 3.63) is 34.3 Å². The molecule has 0 aliphatic rings. The molecule has 76 valence electrons. The van der Waals surface area contributed by atoms with E-state index in [-0.39, 0.29) is 0 Å². The van der Waals surface area contributed by atoms with Crippen LogP contribution < -0.4 is 10.5 Å². The van der Waals surface area contributed by atoms with Crippen LogP contribution in [0.5, 0.6) is 5.75 Å². The molecule has 0 saturated heterocycles. The van der Waals surface area contributed by atoms with Gasteiger partial charge in [-0.15, -0.1) is 0 Å². The Morgan fingerprint density at radius 2 is 2.29 bits per heavy atom. The summed E-state index contributed by atoms with van der Waals surface area (Å²) in [6.45, 7) is 2.28. The molecule has 14 heavy (non-hydrogen) atoms. The van der Waals surface area contributed by atoms with E-state index in [0.717, 1.165) is 5.57 Å². The summed E-state index contributed by atoms with van der Waals surface area (Å²) in [7, 11) is 0. The molecule has 0 amide bonds. The van der Waals surface area contributed by atoms with Gasteiger partial charge in [0.2, 0.25) is 0 Å². The van der Waals surface area contributed by atoms with Crippen molar-refractivity contribution in [2.45, 2.75) is 6.92 Å². The van der Waals surface area contributed by atoms with Crippen LogP contribution in [0.25, 0.3) is 0 Å². The molecular weight excluding hydrogens is 221 g/mol. The molecule has 0 aliphatic carbocycles. The molecule has 0 unspecified atom stereocenters. The molecule has 1 aromatic carbocycles. The molecule has 0 spiro atoms. The molecule has 1 aromatic rings. The van der Waals surface area contributed by atoms with Crippen LogP contribution in [0.1, 0.15) is 6.92 Å². The van der Waals surface area contributed by atoms with Crippen molar-refractivity contribution in [2.75, 3.05) is 12.3 Å². The minimum absolute atomic E-state index is 0.411. The number of halogens is 2. The molecule has 0 saturated carbocycles. The molecule has 4 heteroatoms. The van der Waals surface area contributed by atoms with Gasteiger partial charge in [-0.05, 0) is 24.6 Å². The molecule has 2 nitrogen and oxygen atoms in total. The highest BCUT2D eigenvalue weighted by Gasteiger charge is 2.01. The molecule has 2 N–H and O–H groups in total. The number of hydrogen-bond donors (Lipinski definition) is 1. The number of anilines is 1. The summed E-state index contributed by atoms with van der Waals surface area (Å²) in [6, 6.07) is 5.10. The highest BCUT2D eigenvalue weighted by molar-refractivity contribution is 6.30. The fourth-order valence-electron chi connectivity index (χ4n) is 0.856. The highest BCUT2D eigenvalue weighted by atomic mass is 35.5. The first-order chi connectivity index (χ1) is 6.63. The predicted octanol–water partition coefficient (Wildman–Crippen LogP) is 3.44. The molecule has 0 fully saturated rings. The smallest absolute Gasteiger partial charge is 0.144 e. The topological polar surface area (TPSA) is 35.2 Å². The average molecular weight is 232 g/mol. The van der Waals surface area contributed by atoms with E-state index < -0.39 is 0 Å². The molecular formula is C10H11Cl2NO. The minimum Gasteiger partial charge on any atom is -0.487 e. The normalized spacial score (nSPS) is 11.5. The van der Waals surface area contributed by atoms with Gasteiger partial charge in [0.1, 0.15) is 12.4 Å². The maximum absolute atomic E-state index is 5.79. The Bertz CT molecular complexity index is 350. The maximum atomic E-state index is 5.79. The standard InChI is InChI=1S/C10H11Cl2NO/c1-7(5-11)6-14-10-4-8(12)2-3-9(10)13/h2-5H,6,13H2,1H3/b7-5-. The quantitative estimate of drug-likeness (QED) is 0.810. The lowest BCUT2D eigenvalue weighted by Crippen LogP contribution is -2.00. The van der Waals surface area contributed by atoms with Gasteiger partial charge in [-0.25, -0.2) is 0 Å². The molecule has 0 aliphatic heterocycles. The van der Waals surface area contributed by atoms with E-state index in [2.05, 4.69) is 0 Å². The molecule has 0 heterocycles. The summed E-state index contributed by atoms with van der Waals surface area (Å²) in [6.07, 6.45) is 0. The van der Waals surface area contributed by atoms with Crippen LogP contribution in [-0.4, -0.2) is 6.61 Å². The average Bonchev–Trinajstić information content (AvgIpc) is 2.19. The monoisotopic (exact) mass is 231 g/mol. The summed E-state index contributed by atoms with van der Waals surface area (Å²) in [4.78, 5) is 0. The summed E-state index contributed by atoms with van der Waals surface area (Å²) in [5.41, 5.74) is 8.64. The summed E-state index contributed by atoms with van der Waals surface area (Å²) >= 11 is 11.3. The van der Waals surface area contributed by atoms with Gasteiger partial charge < -0.3 is 10.5 Å². The van der Waals surface area contributed by atoms with Crippen LogP contribution in [-0.2, 0) is 0 Å². The molecule has 0 aromatic heterocycles. The summed E-state index contributed by atoms with van der Waals surface area (Å²) < 4.78 is 5.41. The van der Waals surface area contributed by atoms with Crippen LogP contribution in [0, 0.1) is 0 Å². The largest absolute Gasteiger partial charge is 0.487 e. The predicted molar refractivity (Wildman–Crippen MR) is 61.0 cm³/mol. The number of nitrogens with two attached hydrogens (primary N) is 1. The van der Waals surface area contributed by atoms with Gasteiger partial charge in [-0.2, -0.15) is 0 Å². The number of benzene rings is 1. The number of nitrogen functional groups attached to an aromatic ring is 1. The Morgan fingerprint density at radius 1 is 1.57 bits per heavy atom. The highest BCUT2D eigenvalue weighted by Crippen LogP contribution is 2.25. The van der Waals surface area contributed by atoms with Crippen LogP contribution in [0.2, 0.25) is 5.02 Å². The van der Waals surface area contributed by atoms with E-state index >= 15 is 0 Å². The Kier molecular flexibility index (Phi) is 4.11. The minimum atomic E-state index is 0.411. The van der Waals surface area contributed by atoms with Gasteiger partial charge in [0.25, 0.3) is 0 Å². The number of hydrogen-bond acceptors (Lipinski definition) is 2. The van der Waals surface area contributed by atoms with Gasteiger partial charge in [-0.1, -0.05) is 23.2 Å². The lowest BCUT2D eigenvalue weighted by atomic mass is 10.3. The van der Waals surface area contributed by atoms with Gasteiger partial charge in [0.15, 0.2) is 0 Å². The SMILES string of the molecule is C/C(=C/Cl)COc1cc(Cl)ccc1N. The lowest BCUT2D eigenvalue weighted by Gasteiger charge is -2.08. The Labute approximate surface area is 93.3 Å². The number of ether oxygens (including phenoxy) is 1. The second kappa shape index (κ2) is 5.13.